The molecule has 1 aliphatic heterocycles. The zero-order valence-electron chi connectivity index (χ0n) is 23.0. The number of nitrogens with zero attached hydrogens (tertiary/aromatic N) is 4. The molecule has 0 spiro atoms. The maximum atomic E-state index is 13.8. The van der Waals surface area contributed by atoms with E-state index >= 15 is 0 Å². The van der Waals surface area contributed by atoms with Crippen molar-refractivity contribution in [3.63, 3.8) is 0 Å². The van der Waals surface area contributed by atoms with Crippen LogP contribution in [-0.4, -0.2) is 50.9 Å². The Morgan fingerprint density at radius 2 is 1.95 bits per heavy atom. The van der Waals surface area contributed by atoms with Crippen LogP contribution in [0.1, 0.15) is 49.5 Å². The third kappa shape index (κ3) is 5.36. The van der Waals surface area contributed by atoms with Crippen molar-refractivity contribution in [3.8, 4) is 0 Å². The maximum Gasteiger partial charge on any atom is 0.407 e. The number of hydrogen-bond acceptors (Lipinski definition) is 6. The van der Waals surface area contributed by atoms with E-state index in [0.717, 1.165) is 18.4 Å². The van der Waals surface area contributed by atoms with Crippen LogP contribution in [0.15, 0.2) is 47.3 Å². The number of amides is 2. The minimum atomic E-state index is -0.605. The topological polar surface area (TPSA) is 124 Å². The van der Waals surface area contributed by atoms with Crippen LogP contribution in [0, 0.1) is 0 Å². The van der Waals surface area contributed by atoms with E-state index in [1.165, 1.54) is 0 Å². The van der Waals surface area contributed by atoms with E-state index in [9.17, 15) is 14.4 Å². The molecule has 4 aromatic rings. The number of halogens is 1. The number of rotatable bonds is 5. The van der Waals surface area contributed by atoms with E-state index in [1.807, 2.05) is 49.6 Å². The minimum Gasteiger partial charge on any atom is -0.444 e. The molecule has 0 bridgehead atoms. The smallest absolute Gasteiger partial charge is 0.407 e. The fourth-order valence-electron chi connectivity index (χ4n) is 5.22. The number of alkyl carbamates (subject to hydrolysis) is 1. The zero-order chi connectivity index (χ0) is 28.8. The standard InChI is InChI=1S/C29H33ClN6O4/c1-29(2,3)40-28(39)32-19-9-7-13-35(16-19)27-33-23-20-14-17(25(31)37)11-12-22(20)34(4)26(38)24(23)36(27)15-18-8-5-6-10-21(18)30/h5-6,8,10-12,14,19H,7,9,13,15-16H2,1-4H3,(H2,31,37)(H,32,39)/t19-/m1/s1. The first kappa shape index (κ1) is 27.5. The summed E-state index contributed by atoms with van der Waals surface area (Å²) in [7, 11) is 1.70. The molecule has 1 fully saturated rings. The second-order valence-corrected chi connectivity index (χ2v) is 11.6. The number of piperidine rings is 1. The number of hydrogen-bond donors (Lipinski definition) is 2. The molecule has 2 aromatic heterocycles. The molecule has 2 aromatic carbocycles. The average Bonchev–Trinajstić information content (AvgIpc) is 3.26. The zero-order valence-corrected chi connectivity index (χ0v) is 23.8. The van der Waals surface area contributed by atoms with Crippen molar-refractivity contribution in [2.75, 3.05) is 18.0 Å². The Hall–Kier alpha value is -4.05. The van der Waals surface area contributed by atoms with Crippen molar-refractivity contribution < 1.29 is 14.3 Å². The van der Waals surface area contributed by atoms with E-state index in [0.29, 0.717) is 58.1 Å². The summed E-state index contributed by atoms with van der Waals surface area (Å²) in [6, 6.07) is 12.3. The summed E-state index contributed by atoms with van der Waals surface area (Å²) in [5, 5.41) is 4.20. The summed E-state index contributed by atoms with van der Waals surface area (Å²) in [4.78, 5) is 45.4. The van der Waals surface area contributed by atoms with E-state index in [-0.39, 0.29) is 11.6 Å². The second kappa shape index (κ2) is 10.5. The summed E-state index contributed by atoms with van der Waals surface area (Å²) in [6.07, 6.45) is 1.12. The van der Waals surface area contributed by atoms with Gasteiger partial charge in [-0.2, -0.15) is 0 Å². The molecule has 3 heterocycles. The molecule has 0 aliphatic carbocycles. The van der Waals surface area contributed by atoms with E-state index < -0.39 is 17.6 Å². The van der Waals surface area contributed by atoms with E-state index in [2.05, 4.69) is 10.2 Å². The summed E-state index contributed by atoms with van der Waals surface area (Å²) in [6.45, 7) is 6.95. The van der Waals surface area contributed by atoms with Gasteiger partial charge in [-0.25, -0.2) is 9.78 Å². The summed E-state index contributed by atoms with van der Waals surface area (Å²) in [5.74, 6) is 0.0198. The van der Waals surface area contributed by atoms with Gasteiger partial charge in [0.2, 0.25) is 11.9 Å². The van der Waals surface area contributed by atoms with Crippen LogP contribution in [0.25, 0.3) is 21.9 Å². The third-order valence-corrected chi connectivity index (χ3v) is 7.43. The number of fused-ring (bicyclic) bond motifs is 3. The molecule has 11 heteroatoms. The molecule has 1 atom stereocenters. The number of anilines is 1. The van der Waals surface area contributed by atoms with Crippen LogP contribution in [0.3, 0.4) is 0 Å². The van der Waals surface area contributed by atoms with Crippen LogP contribution in [0.5, 0.6) is 0 Å². The van der Waals surface area contributed by atoms with Crippen molar-refractivity contribution in [1.29, 1.82) is 0 Å². The van der Waals surface area contributed by atoms with Gasteiger partial charge in [-0.15, -0.1) is 0 Å². The van der Waals surface area contributed by atoms with Gasteiger partial charge in [0.05, 0.1) is 12.1 Å². The number of ether oxygens (including phenoxy) is 1. The number of pyridine rings is 1. The van der Waals surface area contributed by atoms with Crippen LogP contribution in [-0.2, 0) is 18.3 Å². The lowest BCUT2D eigenvalue weighted by atomic mass is 10.1. The SMILES string of the molecule is Cn1c(=O)c2c(nc(N3CCC[C@@H](NC(=O)OC(C)(C)C)C3)n2Cc2ccccc2Cl)c2cc(C(N)=O)ccc21. The largest absolute Gasteiger partial charge is 0.444 e. The quantitative estimate of drug-likeness (QED) is 0.375. The predicted molar refractivity (Wildman–Crippen MR) is 156 cm³/mol. The van der Waals surface area contributed by atoms with Gasteiger partial charge in [0.1, 0.15) is 16.6 Å². The monoisotopic (exact) mass is 564 g/mol. The molecule has 10 nitrogen and oxygen atoms in total. The highest BCUT2D eigenvalue weighted by molar-refractivity contribution is 6.31. The molecule has 210 valence electrons. The van der Waals surface area contributed by atoms with Crippen molar-refractivity contribution in [1.82, 2.24) is 19.4 Å². The second-order valence-electron chi connectivity index (χ2n) is 11.2. The molecule has 2 amide bonds. The number of primary amides is 1. The summed E-state index contributed by atoms with van der Waals surface area (Å²) >= 11 is 6.54. The summed E-state index contributed by atoms with van der Waals surface area (Å²) < 4.78 is 8.90. The number of aryl methyl sites for hydroxylation is 1. The van der Waals surface area contributed by atoms with Crippen molar-refractivity contribution in [2.45, 2.75) is 51.8 Å². The fourth-order valence-corrected chi connectivity index (χ4v) is 5.42. The van der Waals surface area contributed by atoms with Crippen molar-refractivity contribution in [2.24, 2.45) is 12.8 Å². The van der Waals surface area contributed by atoms with Gasteiger partial charge >= 0.3 is 6.09 Å². The van der Waals surface area contributed by atoms with Gasteiger partial charge < -0.3 is 29.8 Å². The Balaban J connectivity index is 1.65. The van der Waals surface area contributed by atoms with Gasteiger partial charge in [0.25, 0.3) is 5.56 Å². The number of nitrogens with one attached hydrogen (secondary N) is 1. The predicted octanol–water partition coefficient (Wildman–Crippen LogP) is 4.18. The number of carbonyl (C=O) groups excluding carboxylic acids is 2. The normalized spacial score (nSPS) is 15.9. The molecule has 3 N–H and O–H groups in total. The number of aromatic nitrogens is 3. The third-order valence-electron chi connectivity index (χ3n) is 7.06. The molecule has 1 saturated heterocycles. The average molecular weight is 565 g/mol. The Morgan fingerprint density at radius 3 is 2.65 bits per heavy atom. The van der Waals surface area contributed by atoms with E-state index in [4.69, 9.17) is 27.1 Å². The molecule has 40 heavy (non-hydrogen) atoms. The lowest BCUT2D eigenvalue weighted by Crippen LogP contribution is -2.49. The molecule has 0 radical (unpaired) electrons. The van der Waals surface area contributed by atoms with Gasteiger partial charge in [-0.1, -0.05) is 29.8 Å². The minimum absolute atomic E-state index is 0.168. The van der Waals surface area contributed by atoms with E-state index in [1.54, 1.807) is 29.8 Å². The van der Waals surface area contributed by atoms with Gasteiger partial charge in [0, 0.05) is 42.2 Å². The highest BCUT2D eigenvalue weighted by Crippen LogP contribution is 2.31. The number of nitrogens with two attached hydrogens (primary N) is 1. The molecular formula is C29H33ClN6O4. The highest BCUT2D eigenvalue weighted by atomic mass is 35.5. The van der Waals surface area contributed by atoms with Gasteiger partial charge in [0.15, 0.2) is 0 Å². The highest BCUT2D eigenvalue weighted by Gasteiger charge is 2.29. The number of imidazole rings is 1. The first-order chi connectivity index (χ1) is 18.9. The Morgan fingerprint density at radius 1 is 1.20 bits per heavy atom. The van der Waals surface area contributed by atoms with Gasteiger partial charge in [-0.05, 0) is 63.4 Å². The molecule has 1 aliphatic rings. The maximum absolute atomic E-state index is 13.8. The van der Waals surface area contributed by atoms with Crippen LogP contribution >= 0.6 is 11.6 Å². The van der Waals surface area contributed by atoms with Crippen LogP contribution < -0.4 is 21.5 Å². The fraction of sp³-hybridized carbons (Fsp3) is 0.379. The first-order valence-corrected chi connectivity index (χ1v) is 13.6. The summed E-state index contributed by atoms with van der Waals surface area (Å²) in [5.41, 5.74) is 7.43. The Kier molecular flexibility index (Phi) is 7.22. The molecule has 0 saturated carbocycles. The Bertz CT molecular complexity index is 1690. The molecule has 0 unspecified atom stereocenters. The van der Waals surface area contributed by atoms with Crippen molar-refractivity contribution >= 4 is 51.5 Å². The number of benzene rings is 2. The first-order valence-electron chi connectivity index (χ1n) is 13.2. The lowest BCUT2D eigenvalue weighted by molar-refractivity contribution is 0.0499. The van der Waals surface area contributed by atoms with Gasteiger partial charge in [-0.3, -0.25) is 9.59 Å². The molecule has 5 rings (SSSR count). The number of carbonyl (C=O) groups is 2. The Labute approximate surface area is 236 Å². The lowest BCUT2D eigenvalue weighted by Gasteiger charge is -2.34. The van der Waals surface area contributed by atoms with Crippen molar-refractivity contribution in [3.05, 3.63) is 69.0 Å². The molecular weight excluding hydrogens is 532 g/mol. The van der Waals surface area contributed by atoms with Crippen LogP contribution in [0.2, 0.25) is 5.02 Å². The van der Waals surface area contributed by atoms with Crippen LogP contribution in [0.4, 0.5) is 10.7 Å².